The largest absolute Gasteiger partial charge is 0.424 e. The molecule has 2 fully saturated rings. The molecule has 2 aliphatic heterocycles. The maximum Gasteiger partial charge on any atom is 0.258 e. The minimum atomic E-state index is -3.48. The lowest BCUT2D eigenvalue weighted by Crippen LogP contribution is -2.68. The number of hydrogen-bond acceptors (Lipinski definition) is 11. The van der Waals surface area contributed by atoms with E-state index in [1.165, 1.54) is 14.0 Å². The highest BCUT2D eigenvalue weighted by molar-refractivity contribution is 6.99. The molecule has 0 bridgehead atoms. The van der Waals surface area contributed by atoms with Gasteiger partial charge in [0.25, 0.3) is 16.6 Å². The van der Waals surface area contributed by atoms with Gasteiger partial charge in [0.05, 0.1) is 18.8 Å². The van der Waals surface area contributed by atoms with Crippen molar-refractivity contribution in [2.45, 2.75) is 132 Å². The smallest absolute Gasteiger partial charge is 0.258 e. The Kier molecular flexibility index (Phi) is 16.4. The SMILES string of the molecule is C=CCO[C@@H]1OC(CCC(C)(C)[Si](O)(c2ccccc2)c2ccccc2)[C@@H](O[C@@H]2OC(CCC(C)(C)[Si](O)(c3ccccc3)c3ccccc3)[C@H](O)C(OC)[C@@H]2O)C(O)[C@@H]1NC(C)=O. The van der Waals surface area contributed by atoms with E-state index in [0.29, 0.717) is 12.8 Å². The number of ether oxygens (including phenoxy) is 5. The number of nitrogens with one attached hydrogen (secondary N) is 1. The zero-order valence-corrected chi connectivity index (χ0v) is 39.8. The van der Waals surface area contributed by atoms with Crippen LogP contribution in [0.25, 0.3) is 0 Å². The molecule has 0 aliphatic carbocycles. The van der Waals surface area contributed by atoms with Crippen molar-refractivity contribution in [3.05, 3.63) is 134 Å². The van der Waals surface area contributed by atoms with Crippen molar-refractivity contribution >= 4 is 43.3 Å². The summed E-state index contributed by atoms with van der Waals surface area (Å²) in [5.74, 6) is -0.436. The van der Waals surface area contributed by atoms with Crippen LogP contribution in [0.15, 0.2) is 134 Å². The molecule has 0 aromatic heterocycles. The van der Waals surface area contributed by atoms with Crippen LogP contribution in [0.5, 0.6) is 0 Å². The molecule has 12 nitrogen and oxygen atoms in total. The summed E-state index contributed by atoms with van der Waals surface area (Å²) in [5.41, 5.74) is 0. The lowest BCUT2D eigenvalue weighted by Gasteiger charge is -2.49. The number of amides is 1. The van der Waals surface area contributed by atoms with Gasteiger partial charge in [0.1, 0.15) is 36.6 Å². The molecule has 6 N–H and O–H groups in total. The van der Waals surface area contributed by atoms with Crippen molar-refractivity contribution in [3.63, 3.8) is 0 Å². The van der Waals surface area contributed by atoms with Gasteiger partial charge >= 0.3 is 0 Å². The minimum Gasteiger partial charge on any atom is -0.424 e. The highest BCUT2D eigenvalue weighted by atomic mass is 28.4. The van der Waals surface area contributed by atoms with Crippen LogP contribution in [0.2, 0.25) is 10.1 Å². The Morgan fingerprint density at radius 1 is 0.656 bits per heavy atom. The average molecular weight is 914 g/mol. The number of aliphatic hydroxyl groups excluding tert-OH is 3. The monoisotopic (exact) mass is 913 g/mol. The number of benzene rings is 4. The third-order valence-electron chi connectivity index (χ3n) is 13.5. The molecule has 4 unspecified atom stereocenters. The Morgan fingerprint density at radius 2 is 1.06 bits per heavy atom. The summed E-state index contributed by atoms with van der Waals surface area (Å²) in [5, 5.41) is 40.4. The summed E-state index contributed by atoms with van der Waals surface area (Å²) in [6, 6.07) is 37.6. The molecule has 0 saturated carbocycles. The predicted molar refractivity (Wildman–Crippen MR) is 252 cm³/mol. The van der Waals surface area contributed by atoms with Crippen molar-refractivity contribution in [3.8, 4) is 0 Å². The fraction of sp³-hybridized carbons (Fsp3) is 0.460. The molecule has 346 valence electrons. The zero-order valence-electron chi connectivity index (χ0n) is 37.8. The number of carbonyl (C=O) groups excluding carboxylic acids is 1. The Bertz CT molecular complexity index is 2000. The minimum absolute atomic E-state index is 0.0638. The molecule has 64 heavy (non-hydrogen) atoms. The molecule has 1 amide bonds. The summed E-state index contributed by atoms with van der Waals surface area (Å²) in [4.78, 5) is 38.4. The molecule has 2 saturated heterocycles. The first kappa shape index (κ1) is 49.6. The highest BCUT2D eigenvalue weighted by Crippen LogP contribution is 2.44. The van der Waals surface area contributed by atoms with Crippen LogP contribution < -0.4 is 26.1 Å². The van der Waals surface area contributed by atoms with Crippen molar-refractivity contribution in [2.75, 3.05) is 13.7 Å². The maximum atomic E-state index is 13.0. The van der Waals surface area contributed by atoms with Gasteiger partial charge in [-0.3, -0.25) is 4.79 Å². The van der Waals surface area contributed by atoms with E-state index in [4.69, 9.17) is 23.7 Å². The highest BCUT2D eigenvalue weighted by Gasteiger charge is 2.55. The first-order valence-corrected chi connectivity index (χ1v) is 26.1. The Morgan fingerprint density at radius 3 is 1.45 bits per heavy atom. The summed E-state index contributed by atoms with van der Waals surface area (Å²) in [6.45, 7) is 13.3. The van der Waals surface area contributed by atoms with Gasteiger partial charge in [-0.15, -0.1) is 6.58 Å². The molecule has 2 aliphatic rings. The normalized spacial score (nSPS) is 26.9. The maximum absolute atomic E-state index is 13.0. The van der Waals surface area contributed by atoms with Crippen LogP contribution in [0.1, 0.15) is 60.3 Å². The van der Waals surface area contributed by atoms with Crippen LogP contribution in [0.4, 0.5) is 0 Å². The number of hydrogen-bond donors (Lipinski definition) is 6. The van der Waals surface area contributed by atoms with E-state index in [-0.39, 0.29) is 19.4 Å². The standard InChI is InChI=1S/C50H67NO11Si2/c1-8-33-59-47-41(51-34(2)52)43(54)45(40(61-47)30-32-50(5,6)64(57,37-25-17-11-18-26-37)38-27-19-12-20-28-38)62-48-44(55)46(58-7)42(53)39(60-48)29-31-49(3,4)63(56,35-21-13-9-14-22-35)36-23-15-10-16-24-36/h8-28,39-48,53-57H,1,29-33H2,2-7H3,(H,51,52)/t39?,40?,41-,42-,43?,44-,45+,46?,47+,48-/m0/s1. The van der Waals surface area contributed by atoms with Gasteiger partial charge in [0.15, 0.2) is 12.6 Å². The second-order valence-electron chi connectivity index (χ2n) is 18.4. The molecule has 14 heteroatoms. The van der Waals surface area contributed by atoms with E-state index in [0.717, 1.165) is 20.7 Å². The number of methoxy groups -OCH3 is 1. The predicted octanol–water partition coefficient (Wildman–Crippen LogP) is 3.25. The van der Waals surface area contributed by atoms with E-state index < -0.39 is 94.0 Å². The molecule has 2 heterocycles. The topological polar surface area (TPSA) is 176 Å². The zero-order chi connectivity index (χ0) is 46.3. The van der Waals surface area contributed by atoms with Crippen LogP contribution in [-0.4, -0.2) is 123 Å². The summed E-state index contributed by atoms with van der Waals surface area (Å²) in [6.07, 6.45) is -8.06. The molecule has 0 spiro atoms. The molecule has 4 aromatic carbocycles. The van der Waals surface area contributed by atoms with Crippen molar-refractivity contribution in [1.82, 2.24) is 5.32 Å². The van der Waals surface area contributed by atoms with Crippen LogP contribution in [-0.2, 0) is 28.5 Å². The van der Waals surface area contributed by atoms with Gasteiger partial charge in [-0.25, -0.2) is 0 Å². The van der Waals surface area contributed by atoms with Gasteiger partial charge in [-0.05, 0) is 56.5 Å². The fourth-order valence-electron chi connectivity index (χ4n) is 9.68. The van der Waals surface area contributed by atoms with Gasteiger partial charge < -0.3 is 53.9 Å². The Labute approximate surface area is 380 Å². The van der Waals surface area contributed by atoms with Crippen molar-refractivity contribution < 1.29 is 53.4 Å². The Hall–Kier alpha value is -3.88. The molecular weight excluding hydrogens is 847 g/mol. The van der Waals surface area contributed by atoms with Gasteiger partial charge in [0, 0.05) is 14.0 Å². The lowest BCUT2D eigenvalue weighted by molar-refractivity contribution is -0.346. The van der Waals surface area contributed by atoms with Crippen molar-refractivity contribution in [2.24, 2.45) is 0 Å². The number of rotatable bonds is 19. The summed E-state index contributed by atoms with van der Waals surface area (Å²) in [7, 11) is -5.52. The van der Waals surface area contributed by atoms with E-state index in [1.54, 1.807) is 6.08 Å². The van der Waals surface area contributed by atoms with Gasteiger partial charge in [-0.2, -0.15) is 0 Å². The quantitative estimate of drug-likeness (QED) is 0.0602. The first-order chi connectivity index (χ1) is 30.5. The Balaban J connectivity index is 1.30. The number of carbonyl (C=O) groups is 1. The summed E-state index contributed by atoms with van der Waals surface area (Å²) < 4.78 is 31.5. The lowest BCUT2D eigenvalue weighted by atomic mass is 9.90. The van der Waals surface area contributed by atoms with E-state index in [9.17, 15) is 29.7 Å². The second-order valence-corrected chi connectivity index (χ2v) is 26.3. The third-order valence-corrected chi connectivity index (χ3v) is 22.6. The van der Waals surface area contributed by atoms with E-state index in [1.807, 2.05) is 149 Å². The van der Waals surface area contributed by atoms with Crippen molar-refractivity contribution in [1.29, 1.82) is 0 Å². The molecule has 10 atom stereocenters. The fourth-order valence-corrected chi connectivity index (χ4v) is 17.2. The molecule has 6 rings (SSSR count). The van der Waals surface area contributed by atoms with Crippen LogP contribution >= 0.6 is 0 Å². The van der Waals surface area contributed by atoms with Crippen LogP contribution in [0.3, 0.4) is 0 Å². The first-order valence-electron chi connectivity index (χ1n) is 22.2. The molecular formula is C50H67NO11Si2. The third kappa shape index (κ3) is 10.2. The van der Waals surface area contributed by atoms with Crippen LogP contribution in [0, 0.1) is 0 Å². The average Bonchev–Trinajstić information content (AvgIpc) is 3.30. The molecule has 4 aromatic rings. The van der Waals surface area contributed by atoms with E-state index >= 15 is 0 Å². The van der Waals surface area contributed by atoms with Gasteiger partial charge in [-0.1, -0.05) is 155 Å². The van der Waals surface area contributed by atoms with E-state index in [2.05, 4.69) is 11.9 Å². The molecule has 0 radical (unpaired) electrons. The van der Waals surface area contributed by atoms with Gasteiger partial charge in [0.2, 0.25) is 5.91 Å². The number of aliphatic hydroxyl groups is 3. The summed E-state index contributed by atoms with van der Waals surface area (Å²) >= 11 is 0. The second kappa shape index (κ2) is 21.2.